The second kappa shape index (κ2) is 7.87. The van der Waals surface area contributed by atoms with Crippen LogP contribution in [0.2, 0.25) is 0 Å². The fourth-order valence-corrected chi connectivity index (χ4v) is 4.02. The third-order valence-electron chi connectivity index (χ3n) is 5.74. The van der Waals surface area contributed by atoms with Crippen molar-refractivity contribution in [3.05, 3.63) is 41.6 Å². The highest BCUT2D eigenvalue weighted by atomic mass is 16.1. The van der Waals surface area contributed by atoms with Gasteiger partial charge in [0.05, 0.1) is 0 Å². The number of hydrogen-bond acceptors (Lipinski definition) is 2. The molecule has 0 radical (unpaired) electrons. The van der Waals surface area contributed by atoms with Gasteiger partial charge in [0.25, 0.3) is 5.91 Å². The Hall–Kier alpha value is -1.77. The van der Waals surface area contributed by atoms with Crippen LogP contribution in [-0.2, 0) is 4.79 Å². The third-order valence-corrected chi connectivity index (χ3v) is 5.74. The van der Waals surface area contributed by atoms with Crippen LogP contribution in [0.4, 0.5) is 5.69 Å². The lowest BCUT2D eigenvalue weighted by Gasteiger charge is -2.34. The van der Waals surface area contributed by atoms with Crippen molar-refractivity contribution in [2.24, 2.45) is 11.8 Å². The third kappa shape index (κ3) is 4.00. The number of nitrogens with one attached hydrogen (secondary N) is 2. The van der Waals surface area contributed by atoms with E-state index in [1.165, 1.54) is 44.2 Å². The molecule has 24 heavy (non-hydrogen) atoms. The maximum atomic E-state index is 13.0. The summed E-state index contributed by atoms with van der Waals surface area (Å²) in [6.07, 6.45) is 8.61. The van der Waals surface area contributed by atoms with Gasteiger partial charge in [-0.2, -0.15) is 0 Å². The van der Waals surface area contributed by atoms with Crippen LogP contribution in [0.25, 0.3) is 0 Å². The standard InChI is InChI=1S/C21H30N2O/c1-15-13-14-19(22-17-9-5-3-6-10-17)20(16(15)2)21(24)23-18-11-7-4-8-12-18/h4,7-8,11-12,15-17,22H,3,5-6,9-10,13-14H2,1-2H3,(H,23,24). The van der Waals surface area contributed by atoms with Crippen molar-refractivity contribution < 1.29 is 4.79 Å². The topological polar surface area (TPSA) is 41.1 Å². The van der Waals surface area contributed by atoms with Gasteiger partial charge >= 0.3 is 0 Å². The van der Waals surface area contributed by atoms with Crippen LogP contribution in [0.3, 0.4) is 0 Å². The minimum atomic E-state index is 0.0681. The van der Waals surface area contributed by atoms with Crippen molar-refractivity contribution in [2.75, 3.05) is 5.32 Å². The molecule has 2 aliphatic rings. The fourth-order valence-electron chi connectivity index (χ4n) is 4.02. The second-order valence-corrected chi connectivity index (χ2v) is 7.50. The molecule has 0 spiro atoms. The van der Waals surface area contributed by atoms with Gasteiger partial charge in [-0.25, -0.2) is 0 Å². The number of carbonyl (C=O) groups is 1. The first-order chi connectivity index (χ1) is 11.6. The summed E-state index contributed by atoms with van der Waals surface area (Å²) in [5.74, 6) is 0.922. The molecule has 3 rings (SSSR count). The second-order valence-electron chi connectivity index (χ2n) is 7.50. The Kier molecular flexibility index (Phi) is 5.60. The Balaban J connectivity index is 1.80. The van der Waals surface area contributed by atoms with Crippen LogP contribution >= 0.6 is 0 Å². The van der Waals surface area contributed by atoms with Crippen LogP contribution in [0, 0.1) is 11.8 Å². The molecular formula is C21H30N2O. The molecular weight excluding hydrogens is 296 g/mol. The largest absolute Gasteiger partial charge is 0.385 e. The Morgan fingerprint density at radius 2 is 1.71 bits per heavy atom. The van der Waals surface area contributed by atoms with E-state index in [9.17, 15) is 4.79 Å². The number of para-hydroxylation sites is 1. The Labute approximate surface area is 145 Å². The molecule has 2 N–H and O–H groups in total. The zero-order valence-electron chi connectivity index (χ0n) is 15.0. The SMILES string of the molecule is CC1CCC(NC2CCCCC2)=C(C(=O)Nc2ccccc2)C1C. The van der Waals surface area contributed by atoms with Crippen LogP contribution in [0.5, 0.6) is 0 Å². The van der Waals surface area contributed by atoms with Crippen LogP contribution in [-0.4, -0.2) is 11.9 Å². The Morgan fingerprint density at radius 1 is 1.00 bits per heavy atom. The Morgan fingerprint density at radius 3 is 2.42 bits per heavy atom. The monoisotopic (exact) mass is 326 g/mol. The van der Waals surface area contributed by atoms with E-state index < -0.39 is 0 Å². The predicted octanol–water partition coefficient (Wildman–Crippen LogP) is 4.87. The summed E-state index contributed by atoms with van der Waals surface area (Å²) < 4.78 is 0. The molecule has 0 saturated heterocycles. The maximum Gasteiger partial charge on any atom is 0.253 e. The van der Waals surface area contributed by atoms with Crippen LogP contribution in [0.1, 0.15) is 58.8 Å². The lowest BCUT2D eigenvalue weighted by atomic mass is 9.78. The van der Waals surface area contributed by atoms with E-state index in [1.54, 1.807) is 0 Å². The molecule has 3 nitrogen and oxygen atoms in total. The molecule has 130 valence electrons. The van der Waals surface area contributed by atoms with Crippen molar-refractivity contribution in [2.45, 2.75) is 64.8 Å². The molecule has 0 bridgehead atoms. The van der Waals surface area contributed by atoms with Crippen molar-refractivity contribution >= 4 is 11.6 Å². The summed E-state index contributed by atoms with van der Waals surface area (Å²) in [6.45, 7) is 4.46. The van der Waals surface area contributed by atoms with Gasteiger partial charge in [-0.05, 0) is 49.7 Å². The van der Waals surface area contributed by atoms with Gasteiger partial charge in [-0.3, -0.25) is 4.79 Å². The lowest BCUT2D eigenvalue weighted by molar-refractivity contribution is -0.113. The van der Waals surface area contributed by atoms with Gasteiger partial charge in [0.2, 0.25) is 0 Å². The molecule has 2 aliphatic carbocycles. The fraction of sp³-hybridized carbons (Fsp3) is 0.571. The number of anilines is 1. The summed E-state index contributed by atoms with van der Waals surface area (Å²) in [7, 11) is 0. The summed E-state index contributed by atoms with van der Waals surface area (Å²) >= 11 is 0. The van der Waals surface area contributed by atoms with Crippen molar-refractivity contribution in [3.8, 4) is 0 Å². The highest BCUT2D eigenvalue weighted by Gasteiger charge is 2.31. The summed E-state index contributed by atoms with van der Waals surface area (Å²) in [5.41, 5.74) is 3.04. The first-order valence-corrected chi connectivity index (χ1v) is 9.51. The average Bonchev–Trinajstić information content (AvgIpc) is 2.60. The van der Waals surface area contributed by atoms with E-state index >= 15 is 0 Å². The van der Waals surface area contributed by atoms with Crippen LogP contribution < -0.4 is 10.6 Å². The molecule has 1 amide bonds. The highest BCUT2D eigenvalue weighted by Crippen LogP contribution is 2.35. The number of carbonyl (C=O) groups excluding carboxylic acids is 1. The Bertz CT molecular complexity index is 587. The summed E-state index contributed by atoms with van der Waals surface area (Å²) in [4.78, 5) is 13.0. The average molecular weight is 326 g/mol. The van der Waals surface area contributed by atoms with E-state index in [1.807, 2.05) is 30.3 Å². The highest BCUT2D eigenvalue weighted by molar-refractivity contribution is 6.04. The smallest absolute Gasteiger partial charge is 0.253 e. The zero-order chi connectivity index (χ0) is 16.9. The van der Waals surface area contributed by atoms with Gasteiger partial charge in [0.1, 0.15) is 0 Å². The summed E-state index contributed by atoms with van der Waals surface area (Å²) in [5, 5.41) is 6.84. The van der Waals surface area contributed by atoms with Gasteiger partial charge in [0, 0.05) is 23.0 Å². The van der Waals surface area contributed by atoms with Gasteiger partial charge in [-0.15, -0.1) is 0 Å². The van der Waals surface area contributed by atoms with Gasteiger partial charge in [-0.1, -0.05) is 51.3 Å². The number of amides is 1. The van der Waals surface area contributed by atoms with Crippen molar-refractivity contribution in [1.29, 1.82) is 0 Å². The molecule has 1 aromatic rings. The quantitative estimate of drug-likeness (QED) is 0.829. The zero-order valence-corrected chi connectivity index (χ0v) is 15.0. The molecule has 0 aliphatic heterocycles. The van der Waals surface area contributed by atoms with Crippen molar-refractivity contribution in [1.82, 2.24) is 5.32 Å². The number of allylic oxidation sites excluding steroid dienone is 1. The summed E-state index contributed by atoms with van der Waals surface area (Å²) in [6, 6.07) is 10.3. The molecule has 1 fully saturated rings. The van der Waals surface area contributed by atoms with E-state index in [4.69, 9.17) is 0 Å². The first-order valence-electron chi connectivity index (χ1n) is 9.51. The molecule has 1 saturated carbocycles. The molecule has 0 heterocycles. The maximum absolute atomic E-state index is 13.0. The number of rotatable bonds is 4. The van der Waals surface area contributed by atoms with E-state index in [0.29, 0.717) is 17.9 Å². The molecule has 0 aromatic heterocycles. The number of benzene rings is 1. The molecule has 1 aromatic carbocycles. The lowest BCUT2D eigenvalue weighted by Crippen LogP contribution is -2.37. The molecule has 3 heteroatoms. The van der Waals surface area contributed by atoms with E-state index in [0.717, 1.165) is 17.7 Å². The van der Waals surface area contributed by atoms with Gasteiger partial charge in [0.15, 0.2) is 0 Å². The minimum Gasteiger partial charge on any atom is -0.385 e. The predicted molar refractivity (Wildman–Crippen MR) is 99.7 cm³/mol. The van der Waals surface area contributed by atoms with Gasteiger partial charge < -0.3 is 10.6 Å². The molecule has 2 unspecified atom stereocenters. The first kappa shape index (κ1) is 17.1. The minimum absolute atomic E-state index is 0.0681. The van der Waals surface area contributed by atoms with Crippen LogP contribution in [0.15, 0.2) is 41.6 Å². The number of hydrogen-bond donors (Lipinski definition) is 2. The van der Waals surface area contributed by atoms with E-state index in [2.05, 4.69) is 24.5 Å². The van der Waals surface area contributed by atoms with Crippen molar-refractivity contribution in [3.63, 3.8) is 0 Å². The molecule has 2 atom stereocenters. The normalized spacial score (nSPS) is 25.4. The van der Waals surface area contributed by atoms with E-state index in [-0.39, 0.29) is 5.91 Å².